The summed E-state index contributed by atoms with van der Waals surface area (Å²) in [5.41, 5.74) is -0.635. The van der Waals surface area contributed by atoms with Crippen LogP contribution in [0.15, 0.2) is 30.5 Å². The van der Waals surface area contributed by atoms with E-state index in [4.69, 9.17) is 0 Å². The van der Waals surface area contributed by atoms with Gasteiger partial charge >= 0.3 is 6.18 Å². The Morgan fingerprint density at radius 3 is 2.41 bits per heavy atom. The SMILES string of the molecule is Cn1cc(C2CC(O)(c3ccc(C(F)(F)F)cc3)CC(C3CCC3)N2)nn1. The van der Waals surface area contributed by atoms with Crippen LogP contribution in [0.4, 0.5) is 13.2 Å². The van der Waals surface area contributed by atoms with Gasteiger partial charge in [-0.3, -0.25) is 4.68 Å². The molecule has 1 aromatic carbocycles. The lowest BCUT2D eigenvalue weighted by Crippen LogP contribution is -2.52. The fourth-order valence-electron chi connectivity index (χ4n) is 4.23. The molecule has 8 heteroatoms. The largest absolute Gasteiger partial charge is 0.416 e. The molecule has 2 heterocycles. The van der Waals surface area contributed by atoms with Gasteiger partial charge in [-0.2, -0.15) is 13.2 Å². The molecule has 3 unspecified atom stereocenters. The first kappa shape index (κ1) is 18.4. The molecule has 146 valence electrons. The number of hydrogen-bond donors (Lipinski definition) is 2. The number of piperidine rings is 1. The third kappa shape index (κ3) is 3.60. The van der Waals surface area contributed by atoms with Gasteiger partial charge in [-0.15, -0.1) is 5.10 Å². The van der Waals surface area contributed by atoms with Crippen molar-refractivity contribution in [1.82, 2.24) is 20.3 Å². The van der Waals surface area contributed by atoms with Crippen LogP contribution in [0.3, 0.4) is 0 Å². The third-order valence-corrected chi connectivity index (χ3v) is 5.96. The summed E-state index contributed by atoms with van der Waals surface area (Å²) in [7, 11) is 1.78. The number of alkyl halides is 3. The highest BCUT2D eigenvalue weighted by molar-refractivity contribution is 5.30. The van der Waals surface area contributed by atoms with E-state index in [-0.39, 0.29) is 12.1 Å². The van der Waals surface area contributed by atoms with E-state index in [9.17, 15) is 18.3 Å². The van der Waals surface area contributed by atoms with E-state index in [1.807, 2.05) is 6.20 Å². The lowest BCUT2D eigenvalue weighted by molar-refractivity contribution is -0.137. The Labute approximate surface area is 155 Å². The molecule has 2 fully saturated rings. The monoisotopic (exact) mass is 380 g/mol. The van der Waals surface area contributed by atoms with Crippen LogP contribution in [0.25, 0.3) is 0 Å². The molecule has 0 bridgehead atoms. The maximum atomic E-state index is 12.9. The van der Waals surface area contributed by atoms with Crippen molar-refractivity contribution in [1.29, 1.82) is 0 Å². The molecule has 5 nitrogen and oxygen atoms in total. The van der Waals surface area contributed by atoms with Gasteiger partial charge in [0.15, 0.2) is 0 Å². The minimum absolute atomic E-state index is 0.104. The van der Waals surface area contributed by atoms with Crippen molar-refractivity contribution < 1.29 is 18.3 Å². The molecule has 0 radical (unpaired) electrons. The van der Waals surface area contributed by atoms with Crippen molar-refractivity contribution >= 4 is 0 Å². The molecule has 3 atom stereocenters. The van der Waals surface area contributed by atoms with Gasteiger partial charge in [0.2, 0.25) is 0 Å². The van der Waals surface area contributed by atoms with E-state index in [2.05, 4.69) is 15.6 Å². The molecule has 4 rings (SSSR count). The Morgan fingerprint density at radius 2 is 1.89 bits per heavy atom. The van der Waals surface area contributed by atoms with Crippen molar-refractivity contribution in [3.8, 4) is 0 Å². The predicted molar refractivity (Wildman–Crippen MR) is 92.6 cm³/mol. The van der Waals surface area contributed by atoms with Gasteiger partial charge in [0.25, 0.3) is 0 Å². The molecule has 1 aliphatic heterocycles. The molecule has 1 aliphatic carbocycles. The molecule has 2 aliphatic rings. The van der Waals surface area contributed by atoms with Crippen LogP contribution in [0.5, 0.6) is 0 Å². The highest BCUT2D eigenvalue weighted by atomic mass is 19.4. The molecule has 2 N–H and O–H groups in total. The number of aromatic nitrogens is 3. The summed E-state index contributed by atoms with van der Waals surface area (Å²) in [6, 6.07) is 4.81. The molecule has 0 amide bonds. The molecule has 2 aromatic rings. The zero-order valence-corrected chi connectivity index (χ0v) is 15.1. The van der Waals surface area contributed by atoms with Gasteiger partial charge in [-0.1, -0.05) is 23.8 Å². The topological polar surface area (TPSA) is 63.0 Å². The van der Waals surface area contributed by atoms with Crippen molar-refractivity contribution in [2.24, 2.45) is 13.0 Å². The molecular formula is C19H23F3N4O. The van der Waals surface area contributed by atoms with Gasteiger partial charge in [-0.05, 0) is 42.9 Å². The van der Waals surface area contributed by atoms with Crippen molar-refractivity contribution in [2.75, 3.05) is 0 Å². The molecule has 0 spiro atoms. The first-order valence-corrected chi connectivity index (χ1v) is 9.27. The fourth-order valence-corrected chi connectivity index (χ4v) is 4.23. The average molecular weight is 380 g/mol. The number of halogens is 3. The molecule has 1 saturated carbocycles. The summed E-state index contributed by atoms with van der Waals surface area (Å²) < 4.78 is 40.2. The minimum atomic E-state index is -4.38. The minimum Gasteiger partial charge on any atom is -0.385 e. The number of hydrogen-bond acceptors (Lipinski definition) is 4. The van der Waals surface area contributed by atoms with Crippen LogP contribution < -0.4 is 5.32 Å². The normalized spacial score (nSPS) is 29.5. The summed E-state index contributed by atoms with van der Waals surface area (Å²) in [6.45, 7) is 0. The van der Waals surface area contributed by atoms with Crippen molar-refractivity contribution in [3.63, 3.8) is 0 Å². The molecule has 1 aromatic heterocycles. The number of benzene rings is 1. The summed E-state index contributed by atoms with van der Waals surface area (Å²) in [6.07, 6.45) is 1.65. The first-order chi connectivity index (χ1) is 12.7. The highest BCUT2D eigenvalue weighted by Gasteiger charge is 2.45. The smallest absolute Gasteiger partial charge is 0.385 e. The van der Waals surface area contributed by atoms with Gasteiger partial charge in [0.1, 0.15) is 0 Å². The van der Waals surface area contributed by atoms with Gasteiger partial charge in [0.05, 0.1) is 22.9 Å². The van der Waals surface area contributed by atoms with E-state index in [0.29, 0.717) is 24.3 Å². The van der Waals surface area contributed by atoms with E-state index >= 15 is 0 Å². The van der Waals surface area contributed by atoms with Crippen LogP contribution in [0.2, 0.25) is 0 Å². The Morgan fingerprint density at radius 1 is 1.19 bits per heavy atom. The van der Waals surface area contributed by atoms with Gasteiger partial charge < -0.3 is 10.4 Å². The van der Waals surface area contributed by atoms with Crippen LogP contribution in [-0.4, -0.2) is 26.1 Å². The quantitative estimate of drug-likeness (QED) is 0.858. The fraction of sp³-hybridized carbons (Fsp3) is 0.579. The van der Waals surface area contributed by atoms with E-state index < -0.39 is 17.3 Å². The van der Waals surface area contributed by atoms with E-state index in [0.717, 1.165) is 30.7 Å². The maximum absolute atomic E-state index is 12.9. The molecule has 1 saturated heterocycles. The van der Waals surface area contributed by atoms with Crippen LogP contribution in [0, 0.1) is 5.92 Å². The number of nitrogens with one attached hydrogen (secondary N) is 1. The lowest BCUT2D eigenvalue weighted by Gasteiger charge is -2.46. The second-order valence-electron chi connectivity index (χ2n) is 7.85. The van der Waals surface area contributed by atoms with E-state index in [1.54, 1.807) is 11.7 Å². The number of rotatable bonds is 3. The Balaban J connectivity index is 1.64. The number of aryl methyl sites for hydroxylation is 1. The second kappa shape index (κ2) is 6.60. The molecular weight excluding hydrogens is 357 g/mol. The van der Waals surface area contributed by atoms with Gasteiger partial charge in [0, 0.05) is 25.7 Å². The van der Waals surface area contributed by atoms with Gasteiger partial charge in [-0.25, -0.2) is 0 Å². The van der Waals surface area contributed by atoms with E-state index in [1.165, 1.54) is 18.6 Å². The van der Waals surface area contributed by atoms with Crippen molar-refractivity contribution in [2.45, 2.75) is 56.0 Å². The first-order valence-electron chi connectivity index (χ1n) is 9.27. The standard InChI is InChI=1S/C19H23F3N4O/c1-26-11-17(24-25-26)16-10-18(27,9-15(23-16)12-3-2-4-12)13-5-7-14(8-6-13)19(20,21)22/h5-8,11-12,15-16,23,27H,2-4,9-10H2,1H3. The Kier molecular flexibility index (Phi) is 4.50. The average Bonchev–Trinajstić information content (AvgIpc) is 2.99. The number of nitrogens with zero attached hydrogens (tertiary/aromatic N) is 3. The van der Waals surface area contributed by atoms with Crippen molar-refractivity contribution in [3.05, 3.63) is 47.3 Å². The third-order valence-electron chi connectivity index (χ3n) is 5.96. The highest BCUT2D eigenvalue weighted by Crippen LogP contribution is 2.45. The molecule has 27 heavy (non-hydrogen) atoms. The summed E-state index contributed by atoms with van der Waals surface area (Å²) in [4.78, 5) is 0. The summed E-state index contributed by atoms with van der Waals surface area (Å²) >= 11 is 0. The maximum Gasteiger partial charge on any atom is 0.416 e. The Bertz CT molecular complexity index is 800. The van der Waals surface area contributed by atoms with Crippen LogP contribution in [0.1, 0.15) is 55.0 Å². The van der Waals surface area contributed by atoms with Crippen LogP contribution >= 0.6 is 0 Å². The zero-order valence-electron chi connectivity index (χ0n) is 15.1. The lowest BCUT2D eigenvalue weighted by atomic mass is 9.70. The Hall–Kier alpha value is -1.93. The zero-order chi connectivity index (χ0) is 19.2. The summed E-state index contributed by atoms with van der Waals surface area (Å²) in [5.74, 6) is 0.477. The second-order valence-corrected chi connectivity index (χ2v) is 7.85. The summed E-state index contributed by atoms with van der Waals surface area (Å²) in [5, 5.41) is 23.2. The number of aliphatic hydroxyl groups is 1. The van der Waals surface area contributed by atoms with Crippen LogP contribution in [-0.2, 0) is 18.8 Å². The predicted octanol–water partition coefficient (Wildman–Crippen LogP) is 3.31.